The lowest BCUT2D eigenvalue weighted by molar-refractivity contribution is -0.139. The number of rotatable bonds is 9. The van der Waals surface area contributed by atoms with Gasteiger partial charge in [-0.2, -0.15) is 13.2 Å². The molecule has 10 heteroatoms. The number of anilines is 1. The van der Waals surface area contributed by atoms with Gasteiger partial charge in [-0.3, -0.25) is 4.79 Å². The molecule has 0 aliphatic heterocycles. The number of carbonyl (C=O) groups excluding carboxylic acids is 1. The maximum atomic E-state index is 14.0. The second kappa shape index (κ2) is 12.8. The third-order valence-corrected chi connectivity index (χ3v) is 7.57. The molecule has 0 radical (unpaired) electrons. The highest BCUT2D eigenvalue weighted by Gasteiger charge is 2.36. The summed E-state index contributed by atoms with van der Waals surface area (Å²) >= 11 is 0. The largest absolute Gasteiger partial charge is 0.497 e. The Kier molecular flexibility index (Phi) is 9.43. The number of carboxylic acid groups (broad SMARTS) is 1. The van der Waals surface area contributed by atoms with Crippen molar-refractivity contribution >= 4 is 17.6 Å². The van der Waals surface area contributed by atoms with Gasteiger partial charge < -0.3 is 19.5 Å². The molecule has 0 spiro atoms. The topological polar surface area (TPSA) is 89.0 Å². The van der Waals surface area contributed by atoms with Gasteiger partial charge in [-0.05, 0) is 99.4 Å². The zero-order chi connectivity index (χ0) is 30.6. The number of aromatic nitrogens is 1. The van der Waals surface area contributed by atoms with Crippen LogP contribution in [0, 0.1) is 11.8 Å². The van der Waals surface area contributed by atoms with Crippen LogP contribution in [0.2, 0.25) is 0 Å². The van der Waals surface area contributed by atoms with E-state index in [4.69, 9.17) is 9.47 Å². The highest BCUT2D eigenvalue weighted by molar-refractivity contribution is 6.03. The lowest BCUT2D eigenvalue weighted by Crippen LogP contribution is -2.42. The van der Waals surface area contributed by atoms with E-state index >= 15 is 0 Å². The number of alkyl halides is 3. The van der Waals surface area contributed by atoms with Gasteiger partial charge in [-0.1, -0.05) is 19.1 Å². The molecule has 0 unspecified atom stereocenters. The van der Waals surface area contributed by atoms with E-state index in [0.717, 1.165) is 43.4 Å². The van der Waals surface area contributed by atoms with E-state index in [-0.39, 0.29) is 41.3 Å². The number of aromatic carboxylic acids is 1. The number of amides is 1. The van der Waals surface area contributed by atoms with Gasteiger partial charge in [0, 0.05) is 18.2 Å². The van der Waals surface area contributed by atoms with Gasteiger partial charge in [-0.25, -0.2) is 9.78 Å². The Labute approximate surface area is 243 Å². The van der Waals surface area contributed by atoms with Gasteiger partial charge >= 0.3 is 12.1 Å². The molecule has 0 atom stereocenters. The van der Waals surface area contributed by atoms with E-state index in [1.807, 2.05) is 0 Å². The summed E-state index contributed by atoms with van der Waals surface area (Å²) in [7, 11) is 1.53. The number of ether oxygens (including phenoxy) is 2. The van der Waals surface area contributed by atoms with E-state index < -0.39 is 23.6 Å². The molecule has 1 heterocycles. The summed E-state index contributed by atoms with van der Waals surface area (Å²) in [5, 5.41) is 10.0. The standard InChI is InChI=1S/C32H35F3N2O5/c1-19(2)37(30(38)23-9-5-20(3)6-10-23)28-14-13-25(17-26(28)31(39)40)42-29-27(32(33,34)35)16-22(18-36-29)15-21-7-11-24(41-4)12-8-21/h7-8,11-14,16-20,23H,5-6,9-10,15H2,1-4H3,(H,39,40). The maximum Gasteiger partial charge on any atom is 0.421 e. The number of hydrogen-bond acceptors (Lipinski definition) is 5. The molecule has 1 saturated carbocycles. The molecule has 4 rings (SSSR count). The second-order valence-corrected chi connectivity index (χ2v) is 11.1. The number of benzene rings is 2. The number of pyridine rings is 1. The van der Waals surface area contributed by atoms with E-state index in [9.17, 15) is 27.9 Å². The van der Waals surface area contributed by atoms with Crippen molar-refractivity contribution in [2.24, 2.45) is 11.8 Å². The van der Waals surface area contributed by atoms with Crippen molar-refractivity contribution in [2.75, 3.05) is 12.0 Å². The summed E-state index contributed by atoms with van der Waals surface area (Å²) in [6.45, 7) is 5.74. The Bertz CT molecular complexity index is 1410. The van der Waals surface area contributed by atoms with Gasteiger partial charge in [0.2, 0.25) is 11.8 Å². The van der Waals surface area contributed by atoms with Crippen molar-refractivity contribution in [1.82, 2.24) is 4.98 Å². The average Bonchev–Trinajstić information content (AvgIpc) is 2.94. The predicted octanol–water partition coefficient (Wildman–Crippen LogP) is 7.76. The summed E-state index contributed by atoms with van der Waals surface area (Å²) in [4.78, 5) is 31.2. The molecule has 1 amide bonds. The molecule has 1 aromatic heterocycles. The third-order valence-electron chi connectivity index (χ3n) is 7.57. The second-order valence-electron chi connectivity index (χ2n) is 11.1. The molecular weight excluding hydrogens is 549 g/mol. The lowest BCUT2D eigenvalue weighted by atomic mass is 9.82. The minimum atomic E-state index is -4.77. The van der Waals surface area contributed by atoms with E-state index in [1.54, 1.807) is 38.1 Å². The first-order chi connectivity index (χ1) is 19.9. The Hall–Kier alpha value is -4.08. The van der Waals surface area contributed by atoms with Crippen LogP contribution in [-0.2, 0) is 17.4 Å². The predicted molar refractivity (Wildman–Crippen MR) is 152 cm³/mol. The highest BCUT2D eigenvalue weighted by atomic mass is 19.4. The Morgan fingerprint density at radius 3 is 2.21 bits per heavy atom. The average molecular weight is 585 g/mol. The first-order valence-corrected chi connectivity index (χ1v) is 13.9. The monoisotopic (exact) mass is 584 g/mol. The van der Waals surface area contributed by atoms with Crippen molar-refractivity contribution in [1.29, 1.82) is 0 Å². The van der Waals surface area contributed by atoms with E-state index in [0.29, 0.717) is 17.2 Å². The van der Waals surface area contributed by atoms with Gasteiger partial charge in [-0.15, -0.1) is 0 Å². The molecule has 1 N–H and O–H groups in total. The van der Waals surface area contributed by atoms with Crippen LogP contribution < -0.4 is 14.4 Å². The third kappa shape index (κ3) is 7.21. The summed E-state index contributed by atoms with van der Waals surface area (Å²) < 4.78 is 52.8. The minimum absolute atomic E-state index is 0.139. The Morgan fingerprint density at radius 2 is 1.64 bits per heavy atom. The summed E-state index contributed by atoms with van der Waals surface area (Å²) in [5.74, 6) is -1.35. The molecule has 3 aromatic rings. The van der Waals surface area contributed by atoms with Crippen molar-refractivity contribution < 1.29 is 37.3 Å². The van der Waals surface area contributed by atoms with Crippen LogP contribution >= 0.6 is 0 Å². The first-order valence-electron chi connectivity index (χ1n) is 13.9. The number of carboxylic acids is 1. The van der Waals surface area contributed by atoms with Gasteiger partial charge in [0.1, 0.15) is 17.1 Å². The molecule has 42 heavy (non-hydrogen) atoms. The molecule has 2 aromatic carbocycles. The molecule has 7 nitrogen and oxygen atoms in total. The van der Waals surface area contributed by atoms with Gasteiger partial charge in [0.15, 0.2) is 0 Å². The fourth-order valence-electron chi connectivity index (χ4n) is 5.28. The lowest BCUT2D eigenvalue weighted by Gasteiger charge is -2.34. The zero-order valence-corrected chi connectivity index (χ0v) is 24.1. The number of carbonyl (C=O) groups is 2. The normalized spacial score (nSPS) is 17.1. The van der Waals surface area contributed by atoms with Crippen LogP contribution in [0.15, 0.2) is 54.7 Å². The number of methoxy groups -OCH3 is 1. The smallest absolute Gasteiger partial charge is 0.421 e. The van der Waals surface area contributed by atoms with Crippen LogP contribution in [0.25, 0.3) is 0 Å². The van der Waals surface area contributed by atoms with Gasteiger partial charge in [0.05, 0.1) is 18.4 Å². The summed E-state index contributed by atoms with van der Waals surface area (Å²) in [6.07, 6.45) is 0.0395. The Balaban J connectivity index is 1.63. The van der Waals surface area contributed by atoms with Crippen molar-refractivity contribution in [3.8, 4) is 17.4 Å². The fourth-order valence-corrected chi connectivity index (χ4v) is 5.28. The highest BCUT2D eigenvalue weighted by Crippen LogP contribution is 2.39. The van der Waals surface area contributed by atoms with Crippen LogP contribution in [0.5, 0.6) is 17.4 Å². The summed E-state index contributed by atoms with van der Waals surface area (Å²) in [5.41, 5.74) is -0.0617. The van der Waals surface area contributed by atoms with Crippen molar-refractivity contribution in [3.05, 3.63) is 77.0 Å². The molecule has 224 valence electrons. The minimum Gasteiger partial charge on any atom is -0.497 e. The van der Waals surface area contributed by atoms with Crippen molar-refractivity contribution in [2.45, 2.75) is 65.1 Å². The van der Waals surface area contributed by atoms with Gasteiger partial charge in [0.25, 0.3) is 0 Å². The quantitative estimate of drug-likeness (QED) is 0.277. The molecule has 0 bridgehead atoms. The first kappa shape index (κ1) is 30.9. The van der Waals surface area contributed by atoms with Crippen LogP contribution in [0.4, 0.5) is 18.9 Å². The van der Waals surface area contributed by atoms with E-state index in [2.05, 4.69) is 11.9 Å². The fraction of sp³-hybridized carbons (Fsp3) is 0.406. The molecular formula is C32H35F3N2O5. The maximum absolute atomic E-state index is 14.0. The van der Waals surface area contributed by atoms with Crippen LogP contribution in [0.1, 0.15) is 73.5 Å². The van der Waals surface area contributed by atoms with Crippen LogP contribution in [-0.4, -0.2) is 35.1 Å². The molecule has 1 fully saturated rings. The molecule has 0 saturated heterocycles. The molecule has 1 aliphatic rings. The van der Waals surface area contributed by atoms with Crippen molar-refractivity contribution in [3.63, 3.8) is 0 Å². The van der Waals surface area contributed by atoms with Crippen LogP contribution in [0.3, 0.4) is 0 Å². The number of halogens is 3. The molecule has 1 aliphatic carbocycles. The zero-order valence-electron chi connectivity index (χ0n) is 24.1. The summed E-state index contributed by atoms with van der Waals surface area (Å²) in [6, 6.07) is 11.5. The number of hydrogen-bond donors (Lipinski definition) is 1. The number of nitrogens with zero attached hydrogens (tertiary/aromatic N) is 2. The van der Waals surface area contributed by atoms with E-state index in [1.165, 1.54) is 30.3 Å². The Morgan fingerprint density at radius 1 is 1.00 bits per heavy atom. The SMILES string of the molecule is COc1ccc(Cc2cnc(Oc3ccc(N(C(=O)C4CCC(C)CC4)C(C)C)c(C(=O)O)c3)c(C(F)(F)F)c2)cc1.